The third-order valence-electron chi connectivity index (χ3n) is 5.07. The Bertz CT molecular complexity index is 508. The lowest BCUT2D eigenvalue weighted by molar-refractivity contribution is -0.238. The molecule has 5 nitrogen and oxygen atoms in total. The zero-order valence-electron chi connectivity index (χ0n) is 16.2. The zero-order chi connectivity index (χ0) is 18.5. The van der Waals surface area contributed by atoms with Crippen LogP contribution in [0.1, 0.15) is 75.7 Å². The molecule has 0 aromatic carbocycles. The summed E-state index contributed by atoms with van der Waals surface area (Å²) in [6, 6.07) is 0. The van der Waals surface area contributed by atoms with Crippen LogP contribution < -0.4 is 4.72 Å². The average Bonchev–Trinajstić information content (AvgIpc) is 2.60. The molecule has 0 bridgehead atoms. The molecule has 1 fully saturated rings. The summed E-state index contributed by atoms with van der Waals surface area (Å²) in [6.45, 7) is 18.9. The molecule has 136 valence electrons. The fourth-order valence-corrected chi connectivity index (χ4v) is 3.29. The van der Waals surface area contributed by atoms with E-state index in [9.17, 15) is 9.00 Å². The highest BCUT2D eigenvalue weighted by Crippen LogP contribution is 2.48. The van der Waals surface area contributed by atoms with Gasteiger partial charge in [-0.1, -0.05) is 27.7 Å². The van der Waals surface area contributed by atoms with Gasteiger partial charge in [-0.25, -0.2) is 13.7 Å². The van der Waals surface area contributed by atoms with E-state index in [0.29, 0.717) is 6.42 Å². The molecule has 1 aliphatic rings. The molecule has 6 heteroatoms. The number of cyclic esters (lactones) is 1. The lowest BCUT2D eigenvalue weighted by atomic mass is 9.80. The quantitative estimate of drug-likeness (QED) is 0.793. The van der Waals surface area contributed by atoms with Crippen molar-refractivity contribution in [3.63, 3.8) is 0 Å². The molecular formula is C17H33NO4S. The number of ether oxygens (including phenoxy) is 2. The summed E-state index contributed by atoms with van der Waals surface area (Å²) in [6.07, 6.45) is 0.570. The van der Waals surface area contributed by atoms with Crippen LogP contribution in [0, 0.1) is 5.41 Å². The summed E-state index contributed by atoms with van der Waals surface area (Å²) in [5, 5.41) is 0. The molecule has 1 saturated heterocycles. The van der Waals surface area contributed by atoms with Gasteiger partial charge in [0.1, 0.15) is 0 Å². The highest BCUT2D eigenvalue weighted by atomic mass is 32.2. The van der Waals surface area contributed by atoms with Crippen molar-refractivity contribution in [3.8, 4) is 0 Å². The summed E-state index contributed by atoms with van der Waals surface area (Å²) < 4.78 is 27.1. The summed E-state index contributed by atoms with van der Waals surface area (Å²) in [7, 11) is -1.33. The molecule has 0 aromatic heterocycles. The molecule has 4 atom stereocenters. The maximum Gasteiger partial charge on any atom is 0.342 e. The Morgan fingerprint density at radius 1 is 1.09 bits per heavy atom. The highest BCUT2D eigenvalue weighted by Gasteiger charge is 2.65. The van der Waals surface area contributed by atoms with Gasteiger partial charge >= 0.3 is 5.97 Å². The largest absolute Gasteiger partial charge is 0.431 e. The third kappa shape index (κ3) is 3.49. The van der Waals surface area contributed by atoms with Gasteiger partial charge in [0.2, 0.25) is 5.79 Å². The van der Waals surface area contributed by atoms with E-state index in [1.165, 1.54) is 0 Å². The van der Waals surface area contributed by atoms with Crippen LogP contribution >= 0.6 is 0 Å². The molecule has 0 saturated carbocycles. The van der Waals surface area contributed by atoms with Crippen LogP contribution in [0.4, 0.5) is 0 Å². The van der Waals surface area contributed by atoms with E-state index >= 15 is 0 Å². The average molecular weight is 348 g/mol. The van der Waals surface area contributed by atoms with Crippen molar-refractivity contribution in [1.29, 1.82) is 0 Å². The normalized spacial score (nSPS) is 33.2. The first-order chi connectivity index (χ1) is 10.0. The number of hydrogen-bond donors (Lipinski definition) is 1. The maximum atomic E-state index is 12.7. The standard InChI is InChI=1S/C17H33NO4S/c1-11-15(8,18-23(20)14(5,6)7)16(9)12(19)21-17(10,22-16)13(2,3)4/h18H,11H2,1-10H3/t15-,16-,17+,23?/m0/s1. The van der Waals surface area contributed by atoms with E-state index in [-0.39, 0.29) is 5.41 Å². The van der Waals surface area contributed by atoms with Crippen molar-refractivity contribution in [2.45, 2.75) is 97.3 Å². The van der Waals surface area contributed by atoms with Crippen molar-refractivity contribution in [2.75, 3.05) is 0 Å². The molecule has 1 heterocycles. The lowest BCUT2D eigenvalue weighted by Gasteiger charge is -2.43. The minimum Gasteiger partial charge on any atom is -0.431 e. The second-order valence-electron chi connectivity index (χ2n) is 8.89. The Morgan fingerprint density at radius 2 is 1.57 bits per heavy atom. The minimum atomic E-state index is -1.33. The van der Waals surface area contributed by atoms with Crippen molar-refractivity contribution in [3.05, 3.63) is 0 Å². The molecule has 0 amide bonds. The van der Waals surface area contributed by atoms with Crippen LogP contribution in [0.3, 0.4) is 0 Å². The predicted octanol–water partition coefficient (Wildman–Crippen LogP) is 3.30. The molecule has 0 radical (unpaired) electrons. The van der Waals surface area contributed by atoms with Crippen LogP contribution in [0.25, 0.3) is 0 Å². The number of rotatable bonds is 4. The molecule has 1 rings (SSSR count). The number of nitrogens with one attached hydrogen (secondary N) is 1. The van der Waals surface area contributed by atoms with Crippen LogP contribution in [0.2, 0.25) is 0 Å². The van der Waals surface area contributed by atoms with Gasteiger partial charge in [-0.2, -0.15) is 0 Å². The first kappa shape index (κ1) is 20.6. The monoisotopic (exact) mass is 347 g/mol. The minimum absolute atomic E-state index is 0.377. The number of hydrogen-bond acceptors (Lipinski definition) is 4. The SMILES string of the molecule is CC[C@](C)(NS(=O)C(C)(C)C)[C@@]1(C)O[C@](C)(C(C)(C)C)OC1=O. The van der Waals surface area contributed by atoms with Crippen LogP contribution in [0.15, 0.2) is 0 Å². The van der Waals surface area contributed by atoms with Crippen LogP contribution in [-0.4, -0.2) is 31.9 Å². The third-order valence-corrected chi connectivity index (χ3v) is 6.82. The highest BCUT2D eigenvalue weighted by molar-refractivity contribution is 7.84. The molecule has 23 heavy (non-hydrogen) atoms. The van der Waals surface area contributed by atoms with Gasteiger partial charge in [-0.3, -0.25) is 0 Å². The van der Waals surface area contributed by atoms with E-state index in [0.717, 1.165) is 0 Å². The second kappa shape index (κ2) is 5.81. The maximum absolute atomic E-state index is 12.7. The van der Waals surface area contributed by atoms with E-state index in [2.05, 4.69) is 4.72 Å². The Labute approximate surface area is 143 Å². The van der Waals surface area contributed by atoms with Crippen LogP contribution in [0.5, 0.6) is 0 Å². The fourth-order valence-electron chi connectivity index (χ4n) is 2.23. The molecule has 0 spiro atoms. The molecule has 0 aliphatic carbocycles. The molecule has 0 aromatic rings. The first-order valence-corrected chi connectivity index (χ1v) is 9.31. The number of esters is 1. The number of carbonyl (C=O) groups is 1. The Balaban J connectivity index is 3.24. The molecule has 1 aliphatic heterocycles. The topological polar surface area (TPSA) is 64.6 Å². The van der Waals surface area contributed by atoms with Crippen LogP contribution in [-0.2, 0) is 25.3 Å². The zero-order valence-corrected chi connectivity index (χ0v) is 17.1. The number of carbonyl (C=O) groups excluding carboxylic acids is 1. The smallest absolute Gasteiger partial charge is 0.342 e. The van der Waals surface area contributed by atoms with E-state index in [4.69, 9.17) is 9.47 Å². The first-order valence-electron chi connectivity index (χ1n) is 8.16. The molecule has 1 N–H and O–H groups in total. The fraction of sp³-hybridized carbons (Fsp3) is 0.941. The van der Waals surface area contributed by atoms with E-state index < -0.39 is 38.6 Å². The van der Waals surface area contributed by atoms with Crippen molar-refractivity contribution < 1.29 is 18.5 Å². The Hall–Kier alpha value is -0.460. The van der Waals surface area contributed by atoms with E-state index in [1.807, 2.05) is 55.4 Å². The second-order valence-corrected chi connectivity index (χ2v) is 10.9. The molecular weight excluding hydrogens is 314 g/mol. The Morgan fingerprint density at radius 3 is 1.87 bits per heavy atom. The van der Waals surface area contributed by atoms with Gasteiger partial charge in [0, 0.05) is 12.3 Å². The van der Waals surface area contributed by atoms with Crippen molar-refractivity contribution in [2.24, 2.45) is 5.41 Å². The van der Waals surface area contributed by atoms with Crippen molar-refractivity contribution >= 4 is 17.0 Å². The summed E-state index contributed by atoms with van der Waals surface area (Å²) >= 11 is 0. The van der Waals surface area contributed by atoms with Gasteiger partial charge < -0.3 is 9.47 Å². The predicted molar refractivity (Wildman–Crippen MR) is 93.2 cm³/mol. The van der Waals surface area contributed by atoms with Gasteiger partial charge in [0.05, 0.1) is 21.3 Å². The summed E-state index contributed by atoms with van der Waals surface area (Å²) in [4.78, 5) is 12.7. The van der Waals surface area contributed by atoms with Gasteiger partial charge in [0.25, 0.3) is 0 Å². The molecule has 1 unspecified atom stereocenters. The Kier molecular flexibility index (Phi) is 5.20. The van der Waals surface area contributed by atoms with Gasteiger partial charge in [-0.05, 0) is 41.0 Å². The summed E-state index contributed by atoms with van der Waals surface area (Å²) in [5.41, 5.74) is -2.41. The van der Waals surface area contributed by atoms with E-state index in [1.54, 1.807) is 13.8 Å². The van der Waals surface area contributed by atoms with Gasteiger partial charge in [-0.15, -0.1) is 0 Å². The van der Waals surface area contributed by atoms with Gasteiger partial charge in [0.15, 0.2) is 5.60 Å². The lowest BCUT2D eigenvalue weighted by Crippen LogP contribution is -2.64. The summed E-state index contributed by atoms with van der Waals surface area (Å²) in [5.74, 6) is -1.45. The van der Waals surface area contributed by atoms with Crippen molar-refractivity contribution in [1.82, 2.24) is 4.72 Å².